The maximum atomic E-state index is 5.74. The Balaban J connectivity index is 1.82. The second-order valence-electron chi connectivity index (χ2n) is 6.02. The summed E-state index contributed by atoms with van der Waals surface area (Å²) >= 11 is 2.02. The number of rotatable bonds is 7. The van der Waals surface area contributed by atoms with Gasteiger partial charge in [0.1, 0.15) is 5.75 Å². The van der Waals surface area contributed by atoms with Crippen molar-refractivity contribution in [3.63, 3.8) is 0 Å². The first-order valence-corrected chi connectivity index (χ1v) is 9.23. The Morgan fingerprint density at radius 3 is 2.59 bits per heavy atom. The molecule has 0 aromatic heterocycles. The van der Waals surface area contributed by atoms with Crippen molar-refractivity contribution in [3.05, 3.63) is 48.2 Å². The van der Waals surface area contributed by atoms with Gasteiger partial charge >= 0.3 is 0 Å². The Morgan fingerprint density at radius 1 is 1.27 bits per heavy atom. The molecule has 0 spiro atoms. The monoisotopic (exact) mass is 317 g/mol. The molecule has 0 saturated carbocycles. The van der Waals surface area contributed by atoms with Crippen LogP contribution in [-0.2, 0) is 0 Å². The van der Waals surface area contributed by atoms with Crippen LogP contribution in [-0.4, -0.2) is 36.1 Å². The van der Waals surface area contributed by atoms with E-state index in [-0.39, 0.29) is 0 Å². The molecule has 2 nitrogen and oxygen atoms in total. The van der Waals surface area contributed by atoms with E-state index in [2.05, 4.69) is 49.6 Å². The summed E-state index contributed by atoms with van der Waals surface area (Å²) < 4.78 is 5.74. The molecule has 0 amide bonds. The number of hydrogen-bond donors (Lipinski definition) is 0. The van der Waals surface area contributed by atoms with Crippen molar-refractivity contribution >= 4 is 17.8 Å². The van der Waals surface area contributed by atoms with Crippen LogP contribution in [0, 0.1) is 5.92 Å². The van der Waals surface area contributed by atoms with Gasteiger partial charge in [-0.2, -0.15) is 11.8 Å². The number of allylic oxidation sites excluding steroid dienone is 1. The first-order valence-electron chi connectivity index (χ1n) is 8.07. The van der Waals surface area contributed by atoms with Gasteiger partial charge in [-0.25, -0.2) is 0 Å². The van der Waals surface area contributed by atoms with Crippen LogP contribution < -0.4 is 4.74 Å². The fourth-order valence-corrected chi connectivity index (χ4v) is 3.14. The van der Waals surface area contributed by atoms with Crippen LogP contribution in [0.25, 0.3) is 6.08 Å². The van der Waals surface area contributed by atoms with Crippen molar-refractivity contribution in [2.45, 2.75) is 20.3 Å². The van der Waals surface area contributed by atoms with Gasteiger partial charge in [0.2, 0.25) is 0 Å². The molecule has 0 aliphatic carbocycles. The smallest absolute Gasteiger partial charge is 0.119 e. The van der Waals surface area contributed by atoms with E-state index in [1.165, 1.54) is 17.1 Å². The lowest BCUT2D eigenvalue weighted by Crippen LogP contribution is -2.30. The van der Waals surface area contributed by atoms with Crippen molar-refractivity contribution in [1.29, 1.82) is 0 Å². The van der Waals surface area contributed by atoms with Crippen LogP contribution in [0.4, 0.5) is 0 Å². The first-order chi connectivity index (χ1) is 10.6. The number of thioether (sulfide) groups is 1. The van der Waals surface area contributed by atoms with Gasteiger partial charge in [0.15, 0.2) is 0 Å². The maximum Gasteiger partial charge on any atom is 0.119 e. The Kier molecular flexibility index (Phi) is 6.91. The normalized spacial score (nSPS) is 15.5. The van der Waals surface area contributed by atoms with Crippen molar-refractivity contribution < 1.29 is 4.74 Å². The predicted molar refractivity (Wildman–Crippen MR) is 98.5 cm³/mol. The van der Waals surface area contributed by atoms with Crippen molar-refractivity contribution in [2.75, 3.05) is 31.2 Å². The SMILES string of the molecule is C=C(/C=C/c1ccc(OCCC(C)C)cc1)N1CCSCC1. The van der Waals surface area contributed by atoms with Gasteiger partial charge in [-0.3, -0.25) is 0 Å². The van der Waals surface area contributed by atoms with E-state index in [1.54, 1.807) is 0 Å². The summed E-state index contributed by atoms with van der Waals surface area (Å²) in [6, 6.07) is 8.28. The van der Waals surface area contributed by atoms with Crippen LogP contribution in [0.3, 0.4) is 0 Å². The highest BCUT2D eigenvalue weighted by Crippen LogP contribution is 2.17. The zero-order chi connectivity index (χ0) is 15.8. The topological polar surface area (TPSA) is 12.5 Å². The molecule has 0 radical (unpaired) electrons. The quantitative estimate of drug-likeness (QED) is 0.677. The molecule has 0 unspecified atom stereocenters. The maximum absolute atomic E-state index is 5.74. The van der Waals surface area contributed by atoms with E-state index in [9.17, 15) is 0 Å². The van der Waals surface area contributed by atoms with Crippen LogP contribution >= 0.6 is 11.8 Å². The minimum absolute atomic E-state index is 0.682. The van der Waals surface area contributed by atoms with Gasteiger partial charge in [-0.1, -0.05) is 38.6 Å². The van der Waals surface area contributed by atoms with E-state index in [0.717, 1.165) is 37.6 Å². The second-order valence-corrected chi connectivity index (χ2v) is 7.25. The molecule has 1 aromatic rings. The van der Waals surface area contributed by atoms with Crippen molar-refractivity contribution in [2.24, 2.45) is 5.92 Å². The number of hydrogen-bond acceptors (Lipinski definition) is 3. The molecule has 0 N–H and O–H groups in total. The van der Waals surface area contributed by atoms with Gasteiger partial charge in [0.25, 0.3) is 0 Å². The third kappa shape index (κ3) is 5.80. The standard InChI is InChI=1S/C19H27NOS/c1-16(2)10-13-21-19-8-6-18(7-9-19)5-4-17(3)20-11-14-22-15-12-20/h4-9,16H,3,10-15H2,1-2H3/b5-4+. The molecule has 1 fully saturated rings. The molecule has 120 valence electrons. The average molecular weight is 317 g/mol. The summed E-state index contributed by atoms with van der Waals surface area (Å²) in [6.07, 6.45) is 5.34. The second kappa shape index (κ2) is 8.94. The Morgan fingerprint density at radius 2 is 1.95 bits per heavy atom. The fourth-order valence-electron chi connectivity index (χ4n) is 2.24. The van der Waals surface area contributed by atoms with Crippen LogP contribution in [0.5, 0.6) is 5.75 Å². The molecule has 3 heteroatoms. The molecule has 1 aliphatic rings. The van der Waals surface area contributed by atoms with Gasteiger partial charge in [-0.05, 0) is 36.1 Å². The summed E-state index contributed by atoms with van der Waals surface area (Å²) in [5.74, 6) is 4.04. The minimum Gasteiger partial charge on any atom is -0.494 e. The Hall–Kier alpha value is -1.35. The van der Waals surface area contributed by atoms with Crippen molar-refractivity contribution in [3.8, 4) is 5.75 Å². The number of benzene rings is 1. The number of ether oxygens (including phenoxy) is 1. The lowest BCUT2D eigenvalue weighted by atomic mass is 10.1. The van der Waals surface area contributed by atoms with E-state index in [1.807, 2.05) is 23.9 Å². The Labute approximate surface area is 139 Å². The summed E-state index contributed by atoms with van der Waals surface area (Å²) in [7, 11) is 0. The van der Waals surface area contributed by atoms with Gasteiger partial charge in [0, 0.05) is 30.3 Å². The molecular formula is C19H27NOS. The molecular weight excluding hydrogens is 290 g/mol. The van der Waals surface area contributed by atoms with Gasteiger partial charge < -0.3 is 9.64 Å². The first kappa shape index (κ1) is 17.0. The molecule has 2 rings (SSSR count). The minimum atomic E-state index is 0.682. The highest BCUT2D eigenvalue weighted by atomic mass is 32.2. The molecule has 1 aliphatic heterocycles. The zero-order valence-corrected chi connectivity index (χ0v) is 14.6. The van der Waals surface area contributed by atoms with Crippen molar-refractivity contribution in [1.82, 2.24) is 4.90 Å². The number of nitrogens with zero attached hydrogens (tertiary/aromatic N) is 1. The fraction of sp³-hybridized carbons (Fsp3) is 0.474. The summed E-state index contributed by atoms with van der Waals surface area (Å²) in [4.78, 5) is 2.36. The lowest BCUT2D eigenvalue weighted by Gasteiger charge is -2.28. The van der Waals surface area contributed by atoms with Crippen LogP contribution in [0.15, 0.2) is 42.6 Å². The summed E-state index contributed by atoms with van der Waals surface area (Å²) in [5.41, 5.74) is 2.29. The predicted octanol–water partition coefficient (Wildman–Crippen LogP) is 4.69. The third-order valence-corrected chi connectivity index (χ3v) is 4.67. The highest BCUT2D eigenvalue weighted by Gasteiger charge is 2.09. The van der Waals surface area contributed by atoms with Gasteiger partial charge in [0.05, 0.1) is 6.61 Å². The Bertz CT molecular complexity index is 487. The molecule has 0 atom stereocenters. The summed E-state index contributed by atoms with van der Waals surface area (Å²) in [6.45, 7) is 11.6. The lowest BCUT2D eigenvalue weighted by molar-refractivity contribution is 0.289. The molecule has 1 saturated heterocycles. The van der Waals surface area contributed by atoms with Gasteiger partial charge in [-0.15, -0.1) is 0 Å². The van der Waals surface area contributed by atoms with E-state index >= 15 is 0 Å². The van der Waals surface area contributed by atoms with E-state index in [4.69, 9.17) is 4.74 Å². The molecule has 1 heterocycles. The molecule has 0 bridgehead atoms. The summed E-state index contributed by atoms with van der Waals surface area (Å²) in [5, 5.41) is 0. The van der Waals surface area contributed by atoms with E-state index in [0.29, 0.717) is 5.92 Å². The third-order valence-electron chi connectivity index (χ3n) is 3.73. The zero-order valence-electron chi connectivity index (χ0n) is 13.8. The average Bonchev–Trinajstić information content (AvgIpc) is 2.54. The molecule has 22 heavy (non-hydrogen) atoms. The van der Waals surface area contributed by atoms with E-state index < -0.39 is 0 Å². The van der Waals surface area contributed by atoms with Crippen LogP contribution in [0.1, 0.15) is 25.8 Å². The largest absolute Gasteiger partial charge is 0.494 e. The van der Waals surface area contributed by atoms with Crippen LogP contribution in [0.2, 0.25) is 0 Å². The molecule has 1 aromatic carbocycles. The highest BCUT2D eigenvalue weighted by molar-refractivity contribution is 7.99.